The van der Waals surface area contributed by atoms with E-state index in [1.54, 1.807) is 27.7 Å². The highest BCUT2D eigenvalue weighted by Crippen LogP contribution is 2.48. The molecule has 0 radical (unpaired) electrons. The molecule has 1 aromatic rings. The molecule has 1 aliphatic heterocycles. The van der Waals surface area contributed by atoms with Crippen LogP contribution in [0.2, 0.25) is 0 Å². The van der Waals surface area contributed by atoms with Gasteiger partial charge in [-0.15, -0.1) is 11.6 Å². The zero-order valence-corrected chi connectivity index (χ0v) is 25.7. The van der Waals surface area contributed by atoms with Gasteiger partial charge in [0.05, 0.1) is 31.3 Å². The van der Waals surface area contributed by atoms with E-state index >= 15 is 0 Å². The second-order valence-electron chi connectivity index (χ2n) is 10.3. The van der Waals surface area contributed by atoms with Gasteiger partial charge in [-0.25, -0.2) is 14.4 Å². The van der Waals surface area contributed by atoms with Crippen molar-refractivity contribution in [3.8, 4) is 0 Å². The Morgan fingerprint density at radius 3 is 2.60 bits per heavy atom. The molecule has 1 fully saturated rings. The minimum atomic E-state index is -4.27. The van der Waals surface area contributed by atoms with Gasteiger partial charge in [0.2, 0.25) is 0 Å². The molecule has 1 aromatic heterocycles. The number of nitrogens with two attached hydrogens (primary N) is 1. The fraction of sp³-hybridized carbons (Fsp3) is 0.739. The van der Waals surface area contributed by atoms with Crippen LogP contribution in [-0.2, 0) is 32.7 Å². The van der Waals surface area contributed by atoms with E-state index in [2.05, 4.69) is 10.1 Å². The molecule has 0 spiro atoms. The molecule has 1 saturated heterocycles. The number of hydrogen-bond acceptors (Lipinski definition) is 13. The van der Waals surface area contributed by atoms with Gasteiger partial charge in [-0.05, 0) is 47.6 Å². The van der Waals surface area contributed by atoms with Crippen LogP contribution in [0.1, 0.15) is 47.8 Å². The molecule has 0 aromatic carbocycles. The van der Waals surface area contributed by atoms with E-state index in [9.17, 15) is 29.2 Å². The number of aromatic nitrogens is 2. The molecule has 0 bridgehead atoms. The highest BCUT2D eigenvalue weighted by atomic mass is 35.5. The van der Waals surface area contributed by atoms with E-state index in [1.807, 2.05) is 0 Å². The lowest BCUT2D eigenvalue weighted by Crippen LogP contribution is -2.42. The Hall–Kier alpha value is -1.55. The number of hydrogen-bond donors (Lipinski definition) is 4. The maximum Gasteiger partial charge on any atom is 0.406 e. The number of halogens is 1. The molecule has 0 unspecified atom stereocenters. The Morgan fingerprint density at radius 2 is 2.02 bits per heavy atom. The number of ether oxygens (including phenoxy) is 2. The third kappa shape index (κ3) is 8.97. The normalized spacial score (nSPS) is 25.5. The van der Waals surface area contributed by atoms with Crippen LogP contribution in [0.4, 0.5) is 5.82 Å². The van der Waals surface area contributed by atoms with Crippen LogP contribution in [0.15, 0.2) is 17.1 Å². The van der Waals surface area contributed by atoms with Crippen LogP contribution in [0.3, 0.4) is 0 Å². The van der Waals surface area contributed by atoms with Crippen molar-refractivity contribution >= 4 is 48.0 Å². The quantitative estimate of drug-likeness (QED) is 0.0997. The average molecular weight is 629 g/mol. The van der Waals surface area contributed by atoms with Gasteiger partial charge in [-0.3, -0.25) is 23.2 Å². The molecule has 17 heteroatoms. The van der Waals surface area contributed by atoms with Gasteiger partial charge in [0.1, 0.15) is 28.9 Å². The Morgan fingerprint density at radius 1 is 1.38 bits per heavy atom. The third-order valence-corrected chi connectivity index (χ3v) is 9.12. The lowest BCUT2D eigenvalue weighted by Gasteiger charge is -2.26. The number of thioether (sulfide) groups is 1. The number of esters is 1. The Balaban J connectivity index is 2.16. The number of aliphatic hydroxyl groups excluding tert-OH is 2. The third-order valence-electron chi connectivity index (χ3n) is 5.81. The summed E-state index contributed by atoms with van der Waals surface area (Å²) < 4.78 is 36.7. The maximum absolute atomic E-state index is 13.6. The zero-order chi connectivity index (χ0) is 30.5. The van der Waals surface area contributed by atoms with Gasteiger partial charge in [0.15, 0.2) is 11.3 Å². The summed E-state index contributed by atoms with van der Waals surface area (Å²) in [6, 6.07) is 0.248. The van der Waals surface area contributed by atoms with Crippen molar-refractivity contribution in [2.24, 2.45) is 5.41 Å². The first-order chi connectivity index (χ1) is 18.4. The predicted molar refractivity (Wildman–Crippen MR) is 149 cm³/mol. The van der Waals surface area contributed by atoms with Gasteiger partial charge in [0.25, 0.3) is 0 Å². The summed E-state index contributed by atoms with van der Waals surface area (Å²) in [6.45, 7) is 8.23. The largest absolute Gasteiger partial charge is 0.462 e. The highest BCUT2D eigenvalue weighted by Gasteiger charge is 2.54. The van der Waals surface area contributed by atoms with Crippen molar-refractivity contribution in [2.75, 3.05) is 31.3 Å². The molecular formula is C23H38ClN4O10PS. The summed E-state index contributed by atoms with van der Waals surface area (Å²) in [5.41, 5.74) is 3.82. The van der Waals surface area contributed by atoms with E-state index in [-0.39, 0.29) is 29.9 Å². The second-order valence-corrected chi connectivity index (χ2v) is 14.0. The predicted octanol–water partition coefficient (Wildman–Crippen LogP) is 1.43. The summed E-state index contributed by atoms with van der Waals surface area (Å²) in [5, 5.41) is 22.4. The highest BCUT2D eigenvalue weighted by molar-refractivity contribution is 8.13. The second kappa shape index (κ2) is 14.1. The summed E-state index contributed by atoms with van der Waals surface area (Å²) in [5.74, 6) is -0.651. The summed E-state index contributed by atoms with van der Waals surface area (Å²) in [4.78, 5) is 39.1. The van der Waals surface area contributed by atoms with Gasteiger partial charge in [-0.1, -0.05) is 11.8 Å². The summed E-state index contributed by atoms with van der Waals surface area (Å²) in [6.07, 6.45) is -2.85. The van der Waals surface area contributed by atoms with Crippen molar-refractivity contribution in [3.63, 3.8) is 0 Å². The number of rotatable bonds is 14. The topological polar surface area (TPSA) is 202 Å². The number of alkyl halides is 1. The lowest BCUT2D eigenvalue weighted by molar-refractivity contribution is -0.149. The van der Waals surface area contributed by atoms with E-state index in [0.29, 0.717) is 0 Å². The fourth-order valence-electron chi connectivity index (χ4n) is 3.41. The van der Waals surface area contributed by atoms with Crippen molar-refractivity contribution in [1.82, 2.24) is 14.6 Å². The number of carbonyl (C=O) groups is 2. The number of nitrogens with zero attached hydrogens (tertiary/aromatic N) is 2. The van der Waals surface area contributed by atoms with Crippen molar-refractivity contribution in [2.45, 2.75) is 77.0 Å². The van der Waals surface area contributed by atoms with Crippen molar-refractivity contribution < 1.29 is 42.9 Å². The SMILES string of the molecule is CC(C)OC(=O)[C@H](C)N[P@@](=O)(OCCSC(=O)C(C)(C)CO)OC[C@H]1O[C@@H](n2ccc(N)nc2=O)[C@](C)(Cl)[C@@H]1O. The summed E-state index contributed by atoms with van der Waals surface area (Å²) >= 11 is 7.43. The molecule has 0 aliphatic carbocycles. The molecule has 40 heavy (non-hydrogen) atoms. The molecule has 2 heterocycles. The Bertz CT molecular complexity index is 1150. The average Bonchev–Trinajstić information content (AvgIpc) is 3.08. The van der Waals surface area contributed by atoms with Crippen molar-refractivity contribution in [1.29, 1.82) is 0 Å². The maximum atomic E-state index is 13.6. The number of anilines is 1. The van der Waals surface area contributed by atoms with Gasteiger partial charge in [0, 0.05) is 11.9 Å². The molecule has 0 saturated carbocycles. The van der Waals surface area contributed by atoms with Gasteiger partial charge in [-0.2, -0.15) is 4.98 Å². The van der Waals surface area contributed by atoms with E-state index in [1.165, 1.54) is 26.1 Å². The smallest absolute Gasteiger partial charge is 0.406 e. The van der Waals surface area contributed by atoms with Crippen LogP contribution in [0.25, 0.3) is 0 Å². The Kier molecular flexibility index (Phi) is 12.2. The molecule has 5 N–H and O–H groups in total. The molecule has 228 valence electrons. The summed E-state index contributed by atoms with van der Waals surface area (Å²) in [7, 11) is -4.27. The monoisotopic (exact) mass is 628 g/mol. The van der Waals surface area contributed by atoms with E-state index in [0.717, 1.165) is 16.3 Å². The Labute approximate surface area is 241 Å². The first kappa shape index (κ1) is 34.7. The fourth-order valence-corrected chi connectivity index (χ4v) is 6.12. The van der Waals surface area contributed by atoms with Crippen LogP contribution in [0, 0.1) is 5.41 Å². The van der Waals surface area contributed by atoms with E-state index < -0.39 is 66.9 Å². The zero-order valence-electron chi connectivity index (χ0n) is 23.2. The molecule has 14 nitrogen and oxygen atoms in total. The van der Waals surface area contributed by atoms with Crippen molar-refractivity contribution in [3.05, 3.63) is 22.7 Å². The lowest BCUT2D eigenvalue weighted by atomic mass is 9.97. The number of aliphatic hydroxyl groups is 2. The van der Waals surface area contributed by atoms with Crippen LogP contribution < -0.4 is 16.5 Å². The first-order valence-corrected chi connectivity index (χ1v) is 15.4. The van der Waals surface area contributed by atoms with Crippen LogP contribution >= 0.6 is 31.1 Å². The van der Waals surface area contributed by atoms with Crippen LogP contribution in [-0.4, -0.2) is 85.7 Å². The standard InChI is InChI=1S/C23H38ClN4O10PS/c1-13(2)37-18(31)14(3)27-39(34,35-9-10-40-20(32)22(4,5)12-29)36-11-15-17(30)23(6,24)19(38-15)28-8-7-16(25)26-21(28)33/h7-8,13-15,17,19,29-30H,9-12H2,1-6H3,(H,27,34)(H2,25,26,33)/t14-,15+,17+,19+,23+,39+/m0/s1. The van der Waals surface area contributed by atoms with Gasteiger partial charge >= 0.3 is 19.4 Å². The van der Waals surface area contributed by atoms with Crippen LogP contribution in [0.5, 0.6) is 0 Å². The molecule has 1 aliphatic rings. The molecule has 0 amide bonds. The number of carbonyl (C=O) groups excluding carboxylic acids is 2. The molecule has 2 rings (SSSR count). The minimum Gasteiger partial charge on any atom is -0.462 e. The minimum absolute atomic E-state index is 0.00924. The van der Waals surface area contributed by atoms with E-state index in [4.69, 9.17) is 35.9 Å². The first-order valence-electron chi connectivity index (χ1n) is 12.5. The number of nitrogens with one attached hydrogen (secondary N) is 1. The molecule has 6 atom stereocenters. The van der Waals surface area contributed by atoms with Gasteiger partial charge < -0.3 is 25.4 Å². The number of nitrogen functional groups attached to an aromatic ring is 1. The molecular weight excluding hydrogens is 591 g/mol.